The Kier molecular flexibility index (Phi) is 2.25. The van der Waals surface area contributed by atoms with Crippen molar-refractivity contribution in [3.8, 4) is 0 Å². The van der Waals surface area contributed by atoms with Crippen LogP contribution in [-0.4, -0.2) is 22.0 Å². The van der Waals surface area contributed by atoms with E-state index in [0.717, 1.165) is 10.4 Å². The van der Waals surface area contributed by atoms with Gasteiger partial charge in [0, 0.05) is 16.9 Å². The van der Waals surface area contributed by atoms with Crippen molar-refractivity contribution in [2.24, 2.45) is 11.1 Å². The molecule has 5 heteroatoms. The molecule has 0 bridgehead atoms. The van der Waals surface area contributed by atoms with Crippen LogP contribution in [0.3, 0.4) is 0 Å². The average molecular weight is 211 g/mol. The Morgan fingerprint density at radius 3 is 3.00 bits per heavy atom. The quantitative estimate of drug-likeness (QED) is 0.547. The minimum atomic E-state index is -0.829. The molecule has 1 aliphatic carbocycles. The molecule has 1 aromatic rings. The molecule has 1 unspecified atom stereocenters. The lowest BCUT2D eigenvalue weighted by Crippen LogP contribution is -2.25. The SMILES string of the molecule is O=C(O)C1C/C(=N\O)c2ccsc2C1. The molecule has 0 spiro atoms. The van der Waals surface area contributed by atoms with Crippen LogP contribution in [0.15, 0.2) is 16.6 Å². The smallest absolute Gasteiger partial charge is 0.307 e. The second-order valence-electron chi connectivity index (χ2n) is 3.25. The van der Waals surface area contributed by atoms with Crippen LogP contribution in [0.4, 0.5) is 0 Å². The summed E-state index contributed by atoms with van der Waals surface area (Å²) in [6, 6.07) is 1.87. The topological polar surface area (TPSA) is 69.9 Å². The molecule has 0 aromatic carbocycles. The van der Waals surface area contributed by atoms with Gasteiger partial charge in [0.05, 0.1) is 11.6 Å². The fourth-order valence-corrected chi connectivity index (χ4v) is 2.64. The number of aliphatic carboxylic acids is 1. The lowest BCUT2D eigenvalue weighted by atomic mass is 9.88. The maximum Gasteiger partial charge on any atom is 0.307 e. The number of hydrogen-bond donors (Lipinski definition) is 2. The first kappa shape index (κ1) is 9.21. The van der Waals surface area contributed by atoms with Gasteiger partial charge in [-0.3, -0.25) is 4.79 Å². The lowest BCUT2D eigenvalue weighted by Gasteiger charge is -2.18. The predicted molar refractivity (Wildman–Crippen MR) is 52.1 cm³/mol. The Bertz CT molecular complexity index is 397. The number of carbonyl (C=O) groups is 1. The molecule has 0 radical (unpaired) electrons. The molecular formula is C9H9NO3S. The standard InChI is InChI=1S/C9H9NO3S/c11-9(12)5-3-7(10-13)6-1-2-14-8(6)4-5/h1-2,5,13H,3-4H2,(H,11,12)/b10-7+. The first-order valence-electron chi connectivity index (χ1n) is 4.23. The molecule has 0 aliphatic heterocycles. The highest BCUT2D eigenvalue weighted by atomic mass is 32.1. The van der Waals surface area contributed by atoms with Crippen LogP contribution in [0.5, 0.6) is 0 Å². The van der Waals surface area contributed by atoms with E-state index in [-0.39, 0.29) is 0 Å². The van der Waals surface area contributed by atoms with Gasteiger partial charge in [0.2, 0.25) is 0 Å². The van der Waals surface area contributed by atoms with Crippen molar-refractivity contribution in [2.45, 2.75) is 12.8 Å². The highest BCUT2D eigenvalue weighted by Gasteiger charge is 2.29. The molecule has 14 heavy (non-hydrogen) atoms. The zero-order valence-electron chi connectivity index (χ0n) is 7.30. The molecular weight excluding hydrogens is 202 g/mol. The molecule has 2 N–H and O–H groups in total. The van der Waals surface area contributed by atoms with Crippen LogP contribution in [0.25, 0.3) is 0 Å². The fourth-order valence-electron chi connectivity index (χ4n) is 1.66. The van der Waals surface area contributed by atoms with Crippen LogP contribution in [0.1, 0.15) is 16.9 Å². The summed E-state index contributed by atoms with van der Waals surface area (Å²) in [6.07, 6.45) is 0.858. The molecule has 0 amide bonds. The van der Waals surface area contributed by atoms with Crippen molar-refractivity contribution in [2.75, 3.05) is 0 Å². The summed E-state index contributed by atoms with van der Waals surface area (Å²) in [5.74, 6) is -1.28. The van der Waals surface area contributed by atoms with E-state index in [1.165, 1.54) is 11.3 Å². The fraction of sp³-hybridized carbons (Fsp3) is 0.333. The van der Waals surface area contributed by atoms with Crippen molar-refractivity contribution in [3.63, 3.8) is 0 Å². The van der Waals surface area contributed by atoms with E-state index in [1.54, 1.807) is 0 Å². The summed E-state index contributed by atoms with van der Waals surface area (Å²) in [5, 5.41) is 22.7. The Hall–Kier alpha value is -1.36. The summed E-state index contributed by atoms with van der Waals surface area (Å²) in [7, 11) is 0. The molecule has 1 aliphatic rings. The van der Waals surface area contributed by atoms with Crippen molar-refractivity contribution >= 4 is 23.0 Å². The summed E-state index contributed by atoms with van der Waals surface area (Å²) in [5.41, 5.74) is 1.38. The number of fused-ring (bicyclic) bond motifs is 1. The van der Waals surface area contributed by atoms with Gasteiger partial charge in [0.15, 0.2) is 0 Å². The molecule has 74 valence electrons. The Balaban J connectivity index is 2.38. The summed E-state index contributed by atoms with van der Waals surface area (Å²) in [4.78, 5) is 11.8. The van der Waals surface area contributed by atoms with E-state index in [4.69, 9.17) is 10.3 Å². The molecule has 0 fully saturated rings. The number of carboxylic acid groups (broad SMARTS) is 1. The van der Waals surface area contributed by atoms with Crippen LogP contribution < -0.4 is 0 Å². The minimum absolute atomic E-state index is 0.315. The third kappa shape index (κ3) is 1.39. The van der Waals surface area contributed by atoms with Gasteiger partial charge >= 0.3 is 5.97 Å². The maximum atomic E-state index is 10.8. The molecule has 1 heterocycles. The maximum absolute atomic E-state index is 10.8. The number of thiophene rings is 1. The number of nitrogens with zero attached hydrogens (tertiary/aromatic N) is 1. The Morgan fingerprint density at radius 1 is 1.57 bits per heavy atom. The first-order chi connectivity index (χ1) is 6.72. The second-order valence-corrected chi connectivity index (χ2v) is 4.25. The van der Waals surface area contributed by atoms with Gasteiger partial charge in [-0.1, -0.05) is 5.16 Å². The van der Waals surface area contributed by atoms with Gasteiger partial charge in [0.1, 0.15) is 0 Å². The highest BCUT2D eigenvalue weighted by Crippen LogP contribution is 2.30. The number of oxime groups is 1. The van der Waals surface area contributed by atoms with Gasteiger partial charge < -0.3 is 10.3 Å². The van der Waals surface area contributed by atoms with E-state index in [0.29, 0.717) is 18.6 Å². The van der Waals surface area contributed by atoms with Crippen LogP contribution >= 0.6 is 11.3 Å². The molecule has 1 atom stereocenters. The molecule has 1 aromatic heterocycles. The van der Waals surface area contributed by atoms with Crippen LogP contribution in [0, 0.1) is 5.92 Å². The van der Waals surface area contributed by atoms with Crippen molar-refractivity contribution < 1.29 is 15.1 Å². The number of hydrogen-bond acceptors (Lipinski definition) is 4. The predicted octanol–water partition coefficient (Wildman–Crippen LogP) is 1.57. The number of carboxylic acids is 1. The largest absolute Gasteiger partial charge is 0.481 e. The third-order valence-corrected chi connectivity index (χ3v) is 3.34. The van der Waals surface area contributed by atoms with Gasteiger partial charge in [-0.05, 0) is 17.9 Å². The third-order valence-electron chi connectivity index (χ3n) is 2.40. The molecule has 4 nitrogen and oxygen atoms in total. The summed E-state index contributed by atoms with van der Waals surface area (Å²) in [6.45, 7) is 0. The van der Waals surface area contributed by atoms with Gasteiger partial charge in [-0.25, -0.2) is 0 Å². The van der Waals surface area contributed by atoms with Crippen molar-refractivity contribution in [1.29, 1.82) is 0 Å². The average Bonchev–Trinajstić information content (AvgIpc) is 2.63. The van der Waals surface area contributed by atoms with Gasteiger partial charge in [-0.15, -0.1) is 11.3 Å². The minimum Gasteiger partial charge on any atom is -0.481 e. The summed E-state index contributed by atoms with van der Waals surface area (Å²) >= 11 is 1.51. The van der Waals surface area contributed by atoms with E-state index in [9.17, 15) is 4.79 Å². The first-order valence-corrected chi connectivity index (χ1v) is 5.11. The zero-order valence-corrected chi connectivity index (χ0v) is 8.12. The van der Waals surface area contributed by atoms with E-state index >= 15 is 0 Å². The highest BCUT2D eigenvalue weighted by molar-refractivity contribution is 7.10. The van der Waals surface area contributed by atoms with Crippen molar-refractivity contribution in [3.05, 3.63) is 21.9 Å². The second kappa shape index (κ2) is 3.42. The normalized spacial score (nSPS) is 23.4. The molecule has 0 saturated heterocycles. The lowest BCUT2D eigenvalue weighted by molar-refractivity contribution is -0.141. The van der Waals surface area contributed by atoms with Crippen LogP contribution in [-0.2, 0) is 11.2 Å². The zero-order chi connectivity index (χ0) is 10.1. The van der Waals surface area contributed by atoms with Crippen LogP contribution in [0.2, 0.25) is 0 Å². The van der Waals surface area contributed by atoms with Gasteiger partial charge in [0.25, 0.3) is 0 Å². The molecule has 2 rings (SSSR count). The van der Waals surface area contributed by atoms with E-state index < -0.39 is 11.9 Å². The Morgan fingerprint density at radius 2 is 2.36 bits per heavy atom. The van der Waals surface area contributed by atoms with E-state index in [1.807, 2.05) is 11.4 Å². The Labute approximate surface area is 84.5 Å². The van der Waals surface area contributed by atoms with E-state index in [2.05, 4.69) is 5.16 Å². The van der Waals surface area contributed by atoms with Crippen molar-refractivity contribution in [1.82, 2.24) is 0 Å². The summed E-state index contributed by atoms with van der Waals surface area (Å²) < 4.78 is 0. The monoisotopic (exact) mass is 211 g/mol. The van der Waals surface area contributed by atoms with Gasteiger partial charge in [-0.2, -0.15) is 0 Å². The number of rotatable bonds is 1. The molecule has 0 saturated carbocycles.